The van der Waals surface area contributed by atoms with E-state index in [1.807, 2.05) is 12.5 Å². The lowest BCUT2D eigenvalue weighted by atomic mass is 10.6. The molecule has 0 spiro atoms. The van der Waals surface area contributed by atoms with E-state index in [-0.39, 0.29) is 0 Å². The molecule has 62 valence electrons. The second kappa shape index (κ2) is 4.06. The zero-order valence-corrected chi connectivity index (χ0v) is 8.95. The van der Waals surface area contributed by atoms with E-state index in [9.17, 15) is 0 Å². The van der Waals surface area contributed by atoms with E-state index in [0.717, 1.165) is 16.8 Å². The van der Waals surface area contributed by atoms with Crippen molar-refractivity contribution in [1.82, 2.24) is 14.5 Å². The minimum absolute atomic E-state index is 1.02. The van der Waals surface area contributed by atoms with E-state index in [2.05, 4.69) is 51.1 Å². The molecule has 0 N–H and O–H groups in total. The third-order valence-electron chi connectivity index (χ3n) is 1.41. The quantitative estimate of drug-likeness (QED) is 0.762. The van der Waals surface area contributed by atoms with E-state index in [4.69, 9.17) is 0 Å². The van der Waals surface area contributed by atoms with E-state index in [1.54, 1.807) is 0 Å². The van der Waals surface area contributed by atoms with Gasteiger partial charge in [-0.2, -0.15) is 0 Å². The molecule has 0 fully saturated rings. The Morgan fingerprint density at radius 3 is 2.82 bits per heavy atom. The van der Waals surface area contributed by atoms with Gasteiger partial charge in [0.05, 0.1) is 6.33 Å². The Morgan fingerprint density at radius 1 is 1.64 bits per heavy atom. The minimum Gasteiger partial charge on any atom is -0.335 e. The topological polar surface area (TPSA) is 21.1 Å². The highest BCUT2D eigenvalue weighted by Crippen LogP contribution is 1.99. The van der Waals surface area contributed by atoms with Gasteiger partial charge in [-0.05, 0) is 36.7 Å². The summed E-state index contributed by atoms with van der Waals surface area (Å²) in [6.45, 7) is 2.08. The van der Waals surface area contributed by atoms with Crippen LogP contribution in [-0.2, 0) is 6.54 Å². The Bertz CT molecular complexity index is 219. The van der Waals surface area contributed by atoms with Gasteiger partial charge in [-0.25, -0.2) is 4.98 Å². The third-order valence-corrected chi connectivity index (χ3v) is 1.96. The van der Waals surface area contributed by atoms with Gasteiger partial charge >= 0.3 is 0 Å². The monoisotopic (exact) mass is 265 g/mol. The zero-order valence-electron chi connectivity index (χ0n) is 6.79. The first kappa shape index (κ1) is 8.99. The molecule has 1 rings (SSSR count). The molecule has 3 nitrogen and oxygen atoms in total. The Balaban J connectivity index is 2.39. The molecular weight excluding hydrogens is 253 g/mol. The summed E-state index contributed by atoms with van der Waals surface area (Å²) in [4.78, 5) is 6.29. The largest absolute Gasteiger partial charge is 0.335 e. The molecule has 0 radical (unpaired) electrons. The number of rotatable bonds is 3. The molecule has 0 bridgehead atoms. The highest BCUT2D eigenvalue weighted by molar-refractivity contribution is 14.1. The van der Waals surface area contributed by atoms with Gasteiger partial charge in [-0.15, -0.1) is 0 Å². The van der Waals surface area contributed by atoms with Crippen molar-refractivity contribution in [2.45, 2.75) is 6.54 Å². The van der Waals surface area contributed by atoms with Gasteiger partial charge < -0.3 is 9.47 Å². The molecule has 0 aliphatic rings. The Morgan fingerprint density at radius 2 is 2.36 bits per heavy atom. The predicted octanol–water partition coefficient (Wildman–Crippen LogP) is 1.05. The van der Waals surface area contributed by atoms with Crippen molar-refractivity contribution in [3.05, 3.63) is 16.2 Å². The van der Waals surface area contributed by atoms with Crippen molar-refractivity contribution in [3.63, 3.8) is 0 Å². The van der Waals surface area contributed by atoms with Crippen molar-refractivity contribution in [3.8, 4) is 0 Å². The molecule has 4 heteroatoms. The van der Waals surface area contributed by atoms with E-state index < -0.39 is 0 Å². The summed E-state index contributed by atoms with van der Waals surface area (Å²) in [7, 11) is 4.14. The number of hydrogen-bond acceptors (Lipinski definition) is 2. The first-order chi connectivity index (χ1) is 5.18. The van der Waals surface area contributed by atoms with Crippen LogP contribution in [-0.4, -0.2) is 35.1 Å². The molecule has 0 atom stereocenters. The molecule has 0 saturated heterocycles. The van der Waals surface area contributed by atoms with Crippen molar-refractivity contribution in [1.29, 1.82) is 0 Å². The fourth-order valence-corrected chi connectivity index (χ4v) is 1.25. The highest BCUT2D eigenvalue weighted by Gasteiger charge is 1.94. The second-order valence-corrected chi connectivity index (χ2v) is 3.84. The molecule has 0 aliphatic carbocycles. The molecule has 0 unspecified atom stereocenters. The molecule has 1 heterocycles. The molecule has 0 aliphatic heterocycles. The van der Waals surface area contributed by atoms with Gasteiger partial charge in [0.2, 0.25) is 0 Å². The number of halogens is 1. The average Bonchev–Trinajstić information content (AvgIpc) is 2.31. The van der Waals surface area contributed by atoms with Crippen LogP contribution < -0.4 is 0 Å². The fraction of sp³-hybridized carbons (Fsp3) is 0.571. The summed E-state index contributed by atoms with van der Waals surface area (Å²) in [5, 5.41) is 0. The summed E-state index contributed by atoms with van der Waals surface area (Å²) < 4.78 is 3.16. The fourth-order valence-electron chi connectivity index (χ4n) is 0.771. The van der Waals surface area contributed by atoms with Gasteiger partial charge in [0.25, 0.3) is 0 Å². The van der Waals surface area contributed by atoms with Crippen LogP contribution in [0.2, 0.25) is 0 Å². The van der Waals surface area contributed by atoms with Crippen LogP contribution in [0.4, 0.5) is 0 Å². The van der Waals surface area contributed by atoms with Crippen LogP contribution in [0.3, 0.4) is 0 Å². The molecule has 0 amide bonds. The zero-order chi connectivity index (χ0) is 8.27. The number of nitrogens with zero attached hydrogens (tertiary/aromatic N) is 3. The van der Waals surface area contributed by atoms with Gasteiger partial charge in [-0.1, -0.05) is 0 Å². The van der Waals surface area contributed by atoms with Crippen molar-refractivity contribution < 1.29 is 0 Å². The van der Waals surface area contributed by atoms with Crippen molar-refractivity contribution >= 4 is 22.6 Å². The Hall–Kier alpha value is -0.100. The first-order valence-corrected chi connectivity index (χ1v) is 4.58. The smallest absolute Gasteiger partial charge is 0.119 e. The van der Waals surface area contributed by atoms with Crippen LogP contribution >= 0.6 is 22.6 Å². The average molecular weight is 265 g/mol. The van der Waals surface area contributed by atoms with Crippen LogP contribution in [0.15, 0.2) is 12.5 Å². The maximum absolute atomic E-state index is 4.13. The summed E-state index contributed by atoms with van der Waals surface area (Å²) >= 11 is 2.21. The van der Waals surface area contributed by atoms with Crippen LogP contribution in [0.1, 0.15) is 0 Å². The summed E-state index contributed by atoms with van der Waals surface area (Å²) in [6.07, 6.45) is 3.91. The van der Waals surface area contributed by atoms with E-state index in [1.165, 1.54) is 0 Å². The normalized spacial score (nSPS) is 10.9. The molecular formula is C7H12IN3. The second-order valence-electron chi connectivity index (χ2n) is 2.74. The lowest BCUT2D eigenvalue weighted by molar-refractivity contribution is 0.384. The van der Waals surface area contributed by atoms with Crippen LogP contribution in [0.25, 0.3) is 0 Å². The number of hydrogen-bond donors (Lipinski definition) is 0. The maximum Gasteiger partial charge on any atom is 0.119 e. The molecule has 0 aromatic carbocycles. The first-order valence-electron chi connectivity index (χ1n) is 3.50. The Kier molecular flexibility index (Phi) is 3.32. The Labute approximate surface area is 80.6 Å². The number of imidazole rings is 1. The van der Waals surface area contributed by atoms with Gasteiger partial charge in [0.1, 0.15) is 3.70 Å². The highest BCUT2D eigenvalue weighted by atomic mass is 127. The summed E-state index contributed by atoms with van der Waals surface area (Å²) in [6, 6.07) is 0. The number of aromatic nitrogens is 2. The SMILES string of the molecule is CN(C)CCn1cnc(I)c1. The molecule has 1 aromatic heterocycles. The molecule has 11 heavy (non-hydrogen) atoms. The van der Waals surface area contributed by atoms with Gasteiger partial charge in [0, 0.05) is 19.3 Å². The summed E-state index contributed by atoms with van der Waals surface area (Å²) in [5.41, 5.74) is 0. The van der Waals surface area contributed by atoms with E-state index in [0.29, 0.717) is 0 Å². The molecule has 1 aromatic rings. The van der Waals surface area contributed by atoms with Crippen molar-refractivity contribution in [2.75, 3.05) is 20.6 Å². The van der Waals surface area contributed by atoms with E-state index >= 15 is 0 Å². The minimum atomic E-state index is 1.02. The lowest BCUT2D eigenvalue weighted by Gasteiger charge is -2.08. The standard InChI is InChI=1S/C7H12IN3/c1-10(2)3-4-11-5-7(8)9-6-11/h5-6H,3-4H2,1-2H3. The number of likely N-dealkylation sites (N-methyl/N-ethyl adjacent to an activating group) is 1. The maximum atomic E-state index is 4.13. The van der Waals surface area contributed by atoms with Crippen LogP contribution in [0, 0.1) is 3.70 Å². The van der Waals surface area contributed by atoms with Crippen molar-refractivity contribution in [2.24, 2.45) is 0 Å². The van der Waals surface area contributed by atoms with Gasteiger partial charge in [-0.3, -0.25) is 0 Å². The lowest BCUT2D eigenvalue weighted by Crippen LogP contribution is -2.17. The predicted molar refractivity (Wildman–Crippen MR) is 53.5 cm³/mol. The van der Waals surface area contributed by atoms with Gasteiger partial charge in [0.15, 0.2) is 0 Å². The van der Waals surface area contributed by atoms with Crippen LogP contribution in [0.5, 0.6) is 0 Å². The summed E-state index contributed by atoms with van der Waals surface area (Å²) in [5.74, 6) is 0. The molecule has 0 saturated carbocycles. The third kappa shape index (κ3) is 3.20.